The number of fused-ring (bicyclic) bond motifs is 2. The van der Waals surface area contributed by atoms with Crippen LogP contribution in [-0.2, 0) is 0 Å². The summed E-state index contributed by atoms with van der Waals surface area (Å²) in [6, 6.07) is 70.4. The van der Waals surface area contributed by atoms with Gasteiger partial charge in [-0.15, -0.1) is 0 Å². The minimum absolute atomic E-state index is 0.327. The Morgan fingerprint density at radius 1 is 0.308 bits per heavy atom. The Kier molecular flexibility index (Phi) is 8.71. The van der Waals surface area contributed by atoms with Gasteiger partial charge < -0.3 is 9.80 Å². The molecule has 8 aromatic carbocycles. The fourth-order valence-electron chi connectivity index (χ4n) is 6.76. The van der Waals surface area contributed by atoms with Crippen molar-refractivity contribution in [1.29, 1.82) is 10.5 Å². The average molecular weight is 665 g/mol. The normalized spacial score (nSPS) is 11.3. The first kappa shape index (κ1) is 31.8. The fraction of sp³-hybridized carbons (Fsp3) is 0. The zero-order valence-corrected chi connectivity index (χ0v) is 28.3. The molecule has 244 valence electrons. The summed E-state index contributed by atoms with van der Waals surface area (Å²) in [5, 5.41) is 25.5. The van der Waals surface area contributed by atoms with Crippen LogP contribution in [0, 0.1) is 22.7 Å². The van der Waals surface area contributed by atoms with Crippen molar-refractivity contribution in [2.75, 3.05) is 9.80 Å². The second kappa shape index (κ2) is 14.2. The van der Waals surface area contributed by atoms with E-state index >= 15 is 0 Å². The van der Waals surface area contributed by atoms with Crippen LogP contribution in [0.1, 0.15) is 11.1 Å². The number of hydrogen-bond donors (Lipinski definition) is 0. The first-order chi connectivity index (χ1) is 25.7. The number of allylic oxidation sites excluding steroid dienone is 2. The Morgan fingerprint density at radius 3 is 0.981 bits per heavy atom. The molecule has 0 heterocycles. The molecular weight excluding hydrogens is 633 g/mol. The standard InChI is InChI=1S/C48H32N4/c49-33-47(37-21-25-43(26-22-37)51(41-15-3-1-4-16-41)45-29-19-35-11-7-9-13-39(35)31-45)48(34-50)38-23-27-44(28-24-38)52(42-17-5-2-6-18-42)46-30-20-36-12-8-10-14-40(36)32-46/h1-32H/b48-47+. The highest BCUT2D eigenvalue weighted by Crippen LogP contribution is 2.39. The summed E-state index contributed by atoms with van der Waals surface area (Å²) in [6.07, 6.45) is 0. The summed E-state index contributed by atoms with van der Waals surface area (Å²) in [6.45, 7) is 0. The SMILES string of the molecule is N#C/C(=C(/C#N)c1ccc(N(c2ccccc2)c2ccc3ccccc3c2)cc1)c1ccc(N(c2ccccc2)c2ccc3ccccc3c2)cc1. The van der Waals surface area contributed by atoms with Crippen LogP contribution in [0.3, 0.4) is 0 Å². The van der Waals surface area contributed by atoms with Gasteiger partial charge >= 0.3 is 0 Å². The van der Waals surface area contributed by atoms with Crippen molar-refractivity contribution in [2.45, 2.75) is 0 Å². The minimum Gasteiger partial charge on any atom is -0.310 e. The summed E-state index contributed by atoms with van der Waals surface area (Å²) in [5.41, 5.74) is 8.00. The summed E-state index contributed by atoms with van der Waals surface area (Å²) in [7, 11) is 0. The van der Waals surface area contributed by atoms with E-state index in [0.717, 1.165) is 44.9 Å². The monoisotopic (exact) mass is 664 g/mol. The van der Waals surface area contributed by atoms with E-state index < -0.39 is 0 Å². The Bertz CT molecular complexity index is 2440. The lowest BCUT2D eigenvalue weighted by molar-refractivity contribution is 1.28. The van der Waals surface area contributed by atoms with E-state index in [1.807, 2.05) is 109 Å². The minimum atomic E-state index is 0.327. The van der Waals surface area contributed by atoms with Gasteiger partial charge in [0.25, 0.3) is 0 Å². The Morgan fingerprint density at radius 2 is 0.615 bits per heavy atom. The highest BCUT2D eigenvalue weighted by Gasteiger charge is 2.17. The molecule has 0 bridgehead atoms. The number of nitrogens with zero attached hydrogens (tertiary/aromatic N) is 4. The van der Waals surface area contributed by atoms with E-state index in [1.54, 1.807) is 0 Å². The van der Waals surface area contributed by atoms with Gasteiger partial charge in [-0.1, -0.05) is 121 Å². The van der Waals surface area contributed by atoms with Crippen molar-refractivity contribution >= 4 is 66.8 Å². The Labute approximate surface area is 303 Å². The van der Waals surface area contributed by atoms with Crippen LogP contribution >= 0.6 is 0 Å². The second-order valence-corrected chi connectivity index (χ2v) is 12.5. The smallest absolute Gasteiger partial charge is 0.101 e. The lowest BCUT2D eigenvalue weighted by Crippen LogP contribution is -2.10. The molecule has 0 aliphatic carbocycles. The third-order valence-corrected chi connectivity index (χ3v) is 9.31. The van der Waals surface area contributed by atoms with Crippen molar-refractivity contribution in [1.82, 2.24) is 0 Å². The zero-order chi connectivity index (χ0) is 35.3. The highest BCUT2D eigenvalue weighted by atomic mass is 15.1. The van der Waals surface area contributed by atoms with Crippen molar-refractivity contribution < 1.29 is 0 Å². The molecule has 8 aromatic rings. The number of nitriles is 2. The van der Waals surface area contributed by atoms with Gasteiger partial charge in [-0.05, 0) is 105 Å². The zero-order valence-electron chi connectivity index (χ0n) is 28.3. The molecule has 8 rings (SSSR count). The molecule has 0 saturated heterocycles. The van der Waals surface area contributed by atoms with Crippen molar-refractivity contribution in [3.8, 4) is 12.1 Å². The molecule has 52 heavy (non-hydrogen) atoms. The van der Waals surface area contributed by atoms with E-state index in [-0.39, 0.29) is 0 Å². The van der Waals surface area contributed by atoms with Crippen LogP contribution in [0.5, 0.6) is 0 Å². The predicted octanol–water partition coefficient (Wildman–Crippen LogP) is 12.9. The molecule has 0 fully saturated rings. The molecule has 4 heteroatoms. The van der Waals surface area contributed by atoms with Crippen LogP contribution in [0.15, 0.2) is 194 Å². The average Bonchev–Trinajstić information content (AvgIpc) is 3.21. The van der Waals surface area contributed by atoms with Gasteiger partial charge in [0.1, 0.15) is 12.1 Å². The molecule has 4 nitrogen and oxygen atoms in total. The van der Waals surface area contributed by atoms with Gasteiger partial charge in [-0.25, -0.2) is 0 Å². The van der Waals surface area contributed by atoms with E-state index in [0.29, 0.717) is 22.3 Å². The molecule has 0 aliphatic heterocycles. The first-order valence-corrected chi connectivity index (χ1v) is 17.1. The Hall–Kier alpha value is -7.40. The van der Waals surface area contributed by atoms with Crippen molar-refractivity contribution in [3.05, 3.63) is 205 Å². The molecule has 0 atom stereocenters. The molecule has 0 unspecified atom stereocenters. The van der Waals surface area contributed by atoms with E-state index in [1.165, 1.54) is 10.8 Å². The molecular formula is C48H32N4. The molecule has 0 spiro atoms. The molecule has 0 aromatic heterocycles. The molecule has 0 aliphatic rings. The third-order valence-electron chi connectivity index (χ3n) is 9.31. The second-order valence-electron chi connectivity index (χ2n) is 12.5. The Balaban J connectivity index is 1.15. The lowest BCUT2D eigenvalue weighted by Gasteiger charge is -2.26. The summed E-state index contributed by atoms with van der Waals surface area (Å²) in [4.78, 5) is 4.40. The quantitative estimate of drug-likeness (QED) is 0.120. The highest BCUT2D eigenvalue weighted by molar-refractivity contribution is 6.03. The number of hydrogen-bond acceptors (Lipinski definition) is 4. The van der Waals surface area contributed by atoms with Gasteiger partial charge in [0, 0.05) is 34.1 Å². The number of anilines is 6. The maximum Gasteiger partial charge on any atom is 0.101 e. The van der Waals surface area contributed by atoms with Crippen LogP contribution in [0.25, 0.3) is 32.7 Å². The molecule has 0 radical (unpaired) electrons. The van der Waals surface area contributed by atoms with Crippen molar-refractivity contribution in [3.63, 3.8) is 0 Å². The van der Waals surface area contributed by atoms with E-state index in [2.05, 4.69) is 107 Å². The van der Waals surface area contributed by atoms with E-state index in [9.17, 15) is 10.5 Å². The predicted molar refractivity (Wildman–Crippen MR) is 215 cm³/mol. The van der Waals surface area contributed by atoms with Crippen LogP contribution in [0.4, 0.5) is 34.1 Å². The first-order valence-electron chi connectivity index (χ1n) is 17.1. The summed E-state index contributed by atoms with van der Waals surface area (Å²) >= 11 is 0. The van der Waals surface area contributed by atoms with Gasteiger partial charge in [-0.2, -0.15) is 10.5 Å². The molecule has 0 N–H and O–H groups in total. The molecule has 0 amide bonds. The van der Waals surface area contributed by atoms with Crippen LogP contribution in [0.2, 0.25) is 0 Å². The summed E-state index contributed by atoms with van der Waals surface area (Å²) in [5.74, 6) is 0. The van der Waals surface area contributed by atoms with Gasteiger partial charge in [0.15, 0.2) is 0 Å². The number of para-hydroxylation sites is 2. The maximum atomic E-state index is 10.4. The van der Waals surface area contributed by atoms with Gasteiger partial charge in [-0.3, -0.25) is 0 Å². The largest absolute Gasteiger partial charge is 0.310 e. The van der Waals surface area contributed by atoms with Crippen molar-refractivity contribution in [2.24, 2.45) is 0 Å². The number of rotatable bonds is 8. The van der Waals surface area contributed by atoms with Gasteiger partial charge in [0.2, 0.25) is 0 Å². The summed E-state index contributed by atoms with van der Waals surface area (Å²) < 4.78 is 0. The van der Waals surface area contributed by atoms with Gasteiger partial charge in [0.05, 0.1) is 11.1 Å². The number of benzene rings is 8. The maximum absolute atomic E-state index is 10.4. The third kappa shape index (κ3) is 6.25. The van der Waals surface area contributed by atoms with Crippen LogP contribution in [-0.4, -0.2) is 0 Å². The van der Waals surface area contributed by atoms with E-state index in [4.69, 9.17) is 0 Å². The molecule has 0 saturated carbocycles. The lowest BCUT2D eigenvalue weighted by atomic mass is 9.95. The fourth-order valence-corrected chi connectivity index (χ4v) is 6.76. The van der Waals surface area contributed by atoms with Crippen LogP contribution < -0.4 is 9.80 Å². The topological polar surface area (TPSA) is 54.1 Å².